The van der Waals surface area contributed by atoms with Crippen molar-refractivity contribution in [2.75, 3.05) is 6.61 Å². The second-order valence-corrected chi connectivity index (χ2v) is 6.23. The Kier molecular flexibility index (Phi) is 6.60. The van der Waals surface area contributed by atoms with E-state index >= 15 is 0 Å². The molecule has 0 aliphatic carbocycles. The molecule has 2 aromatic rings. The number of nitrogens with one attached hydrogen (secondary N) is 2. The molecule has 0 radical (unpaired) electrons. The van der Waals surface area contributed by atoms with Crippen LogP contribution in [0.25, 0.3) is 0 Å². The maximum absolute atomic E-state index is 12.0. The number of ether oxygens (including phenoxy) is 2. The first-order chi connectivity index (χ1) is 12.3. The highest BCUT2D eigenvalue weighted by Crippen LogP contribution is 2.16. The predicted molar refractivity (Wildman–Crippen MR) is 99.0 cm³/mol. The van der Waals surface area contributed by atoms with Crippen LogP contribution in [0.5, 0.6) is 11.5 Å². The summed E-state index contributed by atoms with van der Waals surface area (Å²) in [5.74, 6) is 0.295. The molecule has 0 bridgehead atoms. The molecule has 2 amide bonds. The Morgan fingerprint density at radius 3 is 2.23 bits per heavy atom. The third kappa shape index (κ3) is 6.12. The largest absolute Gasteiger partial charge is 0.484 e. The van der Waals surface area contributed by atoms with E-state index in [0.29, 0.717) is 11.5 Å². The minimum Gasteiger partial charge on any atom is -0.484 e. The average molecular weight is 356 g/mol. The van der Waals surface area contributed by atoms with Gasteiger partial charge in [-0.15, -0.1) is 0 Å². The normalized spacial score (nSPS) is 11.4. The molecule has 0 saturated carbocycles. The molecule has 2 rings (SSSR count). The summed E-state index contributed by atoms with van der Waals surface area (Å²) in [7, 11) is 0. The van der Waals surface area contributed by atoms with Crippen LogP contribution in [-0.2, 0) is 9.59 Å². The molecule has 26 heavy (non-hydrogen) atoms. The van der Waals surface area contributed by atoms with Crippen molar-refractivity contribution in [1.29, 1.82) is 0 Å². The Balaban J connectivity index is 1.76. The van der Waals surface area contributed by atoms with E-state index in [1.807, 2.05) is 57.2 Å². The van der Waals surface area contributed by atoms with Gasteiger partial charge in [-0.2, -0.15) is 0 Å². The predicted octanol–water partition coefficient (Wildman–Crippen LogP) is 2.61. The summed E-state index contributed by atoms with van der Waals surface area (Å²) in [4.78, 5) is 23.8. The summed E-state index contributed by atoms with van der Waals surface area (Å²) in [5, 5.41) is 0. The molecule has 6 nitrogen and oxygen atoms in total. The van der Waals surface area contributed by atoms with E-state index in [9.17, 15) is 9.59 Å². The van der Waals surface area contributed by atoms with E-state index in [4.69, 9.17) is 9.47 Å². The lowest BCUT2D eigenvalue weighted by Gasteiger charge is -2.15. The summed E-state index contributed by atoms with van der Waals surface area (Å²) in [6, 6.07) is 13.1. The Hall–Kier alpha value is -3.02. The third-order valence-electron chi connectivity index (χ3n) is 3.56. The fraction of sp³-hybridized carbons (Fsp3) is 0.300. The number of hydrazine groups is 1. The molecular weight excluding hydrogens is 332 g/mol. The maximum Gasteiger partial charge on any atom is 0.279 e. The van der Waals surface area contributed by atoms with Crippen molar-refractivity contribution in [2.24, 2.45) is 0 Å². The molecule has 6 heteroatoms. The number of rotatable bonds is 6. The number of aryl methyl sites for hydroxylation is 3. The average Bonchev–Trinajstić information content (AvgIpc) is 2.57. The monoisotopic (exact) mass is 356 g/mol. The van der Waals surface area contributed by atoms with Gasteiger partial charge in [-0.1, -0.05) is 18.2 Å². The number of carbonyl (C=O) groups is 2. The van der Waals surface area contributed by atoms with Crippen LogP contribution in [0.3, 0.4) is 0 Å². The molecule has 0 fully saturated rings. The van der Waals surface area contributed by atoms with Crippen molar-refractivity contribution < 1.29 is 19.1 Å². The number of carbonyl (C=O) groups excluding carboxylic acids is 2. The molecule has 2 aromatic carbocycles. The van der Waals surface area contributed by atoms with Gasteiger partial charge in [0.1, 0.15) is 11.5 Å². The van der Waals surface area contributed by atoms with Gasteiger partial charge >= 0.3 is 0 Å². The van der Waals surface area contributed by atoms with Gasteiger partial charge in [0.2, 0.25) is 0 Å². The number of hydrogen-bond acceptors (Lipinski definition) is 4. The summed E-state index contributed by atoms with van der Waals surface area (Å²) < 4.78 is 11.0. The topological polar surface area (TPSA) is 76.7 Å². The zero-order valence-electron chi connectivity index (χ0n) is 15.5. The fourth-order valence-corrected chi connectivity index (χ4v) is 2.38. The molecule has 0 aliphatic heterocycles. The van der Waals surface area contributed by atoms with Gasteiger partial charge in [0, 0.05) is 0 Å². The molecule has 0 aromatic heterocycles. The van der Waals surface area contributed by atoms with Crippen LogP contribution in [-0.4, -0.2) is 24.5 Å². The van der Waals surface area contributed by atoms with Crippen LogP contribution in [0.4, 0.5) is 0 Å². The van der Waals surface area contributed by atoms with Crippen molar-refractivity contribution in [1.82, 2.24) is 10.9 Å². The van der Waals surface area contributed by atoms with E-state index < -0.39 is 17.9 Å². The van der Waals surface area contributed by atoms with Gasteiger partial charge in [-0.25, -0.2) is 0 Å². The Bertz CT molecular complexity index is 769. The van der Waals surface area contributed by atoms with E-state index in [2.05, 4.69) is 10.9 Å². The van der Waals surface area contributed by atoms with Crippen molar-refractivity contribution in [3.63, 3.8) is 0 Å². The quantitative estimate of drug-likeness (QED) is 0.780. The van der Waals surface area contributed by atoms with E-state index in [1.165, 1.54) is 0 Å². The smallest absolute Gasteiger partial charge is 0.279 e. The van der Waals surface area contributed by atoms with Crippen LogP contribution in [0.2, 0.25) is 0 Å². The maximum atomic E-state index is 12.0. The van der Waals surface area contributed by atoms with Crippen LogP contribution < -0.4 is 20.3 Å². The summed E-state index contributed by atoms with van der Waals surface area (Å²) >= 11 is 0. The van der Waals surface area contributed by atoms with E-state index in [-0.39, 0.29) is 6.61 Å². The first-order valence-corrected chi connectivity index (χ1v) is 8.36. The van der Waals surface area contributed by atoms with Crippen molar-refractivity contribution in [2.45, 2.75) is 33.8 Å². The van der Waals surface area contributed by atoms with Gasteiger partial charge in [0.25, 0.3) is 11.8 Å². The Labute approximate surface area is 153 Å². The molecule has 1 unspecified atom stereocenters. The van der Waals surface area contributed by atoms with Gasteiger partial charge in [0.05, 0.1) is 0 Å². The first kappa shape index (κ1) is 19.3. The lowest BCUT2D eigenvalue weighted by molar-refractivity contribution is -0.133. The van der Waals surface area contributed by atoms with Crippen molar-refractivity contribution in [3.8, 4) is 11.5 Å². The number of hydrogen-bond donors (Lipinski definition) is 2. The lowest BCUT2D eigenvalue weighted by Crippen LogP contribution is -2.48. The number of benzene rings is 2. The molecule has 0 saturated heterocycles. The van der Waals surface area contributed by atoms with Crippen LogP contribution in [0.1, 0.15) is 23.6 Å². The Morgan fingerprint density at radius 1 is 0.923 bits per heavy atom. The standard InChI is InChI=1S/C20H24N2O4/c1-13-6-5-7-17(9-13)26-16(4)20(24)22-21-19(23)12-25-18-10-14(2)8-15(3)11-18/h5-11,16H,12H2,1-4H3,(H,21,23)(H,22,24). The van der Waals surface area contributed by atoms with Crippen LogP contribution in [0.15, 0.2) is 42.5 Å². The minimum atomic E-state index is -0.752. The molecule has 2 N–H and O–H groups in total. The highest BCUT2D eigenvalue weighted by atomic mass is 16.5. The van der Waals surface area contributed by atoms with Crippen molar-refractivity contribution >= 4 is 11.8 Å². The van der Waals surface area contributed by atoms with Crippen LogP contribution in [0, 0.1) is 20.8 Å². The Morgan fingerprint density at radius 2 is 1.58 bits per heavy atom. The third-order valence-corrected chi connectivity index (χ3v) is 3.56. The highest BCUT2D eigenvalue weighted by molar-refractivity contribution is 5.85. The molecule has 138 valence electrons. The van der Waals surface area contributed by atoms with Gasteiger partial charge in [-0.05, 0) is 68.7 Å². The second-order valence-electron chi connectivity index (χ2n) is 6.23. The summed E-state index contributed by atoms with van der Waals surface area (Å²) in [5.41, 5.74) is 7.79. The highest BCUT2D eigenvalue weighted by Gasteiger charge is 2.15. The molecule has 1 atom stereocenters. The SMILES string of the molecule is Cc1cc(C)cc(OCC(=O)NNC(=O)C(C)Oc2cccc(C)c2)c1. The van der Waals surface area contributed by atoms with Crippen LogP contribution >= 0.6 is 0 Å². The summed E-state index contributed by atoms with van der Waals surface area (Å²) in [6.45, 7) is 7.26. The summed E-state index contributed by atoms with van der Waals surface area (Å²) in [6.07, 6.45) is -0.752. The van der Waals surface area contributed by atoms with Crippen molar-refractivity contribution in [3.05, 3.63) is 59.2 Å². The fourth-order valence-electron chi connectivity index (χ4n) is 2.38. The lowest BCUT2D eigenvalue weighted by atomic mass is 10.1. The molecule has 0 heterocycles. The minimum absolute atomic E-state index is 0.198. The first-order valence-electron chi connectivity index (χ1n) is 8.36. The molecular formula is C20H24N2O4. The van der Waals surface area contributed by atoms with Gasteiger partial charge in [0.15, 0.2) is 12.7 Å². The van der Waals surface area contributed by atoms with Gasteiger partial charge < -0.3 is 9.47 Å². The van der Waals surface area contributed by atoms with E-state index in [1.54, 1.807) is 13.0 Å². The zero-order chi connectivity index (χ0) is 19.1. The molecule has 0 aliphatic rings. The zero-order valence-corrected chi connectivity index (χ0v) is 15.5. The number of amides is 2. The molecule has 0 spiro atoms. The second kappa shape index (κ2) is 8.89. The van der Waals surface area contributed by atoms with E-state index in [0.717, 1.165) is 16.7 Å². The van der Waals surface area contributed by atoms with Gasteiger partial charge in [-0.3, -0.25) is 20.4 Å².